The summed E-state index contributed by atoms with van der Waals surface area (Å²) in [7, 11) is 0. The summed E-state index contributed by atoms with van der Waals surface area (Å²) in [6.07, 6.45) is 0. The molecule has 4 aromatic rings. The lowest BCUT2D eigenvalue weighted by Crippen LogP contribution is -1.94. The number of fused-ring (bicyclic) bond motifs is 3. The van der Waals surface area contributed by atoms with Crippen LogP contribution in [-0.4, -0.2) is 19.9 Å². The van der Waals surface area contributed by atoms with E-state index in [1.807, 2.05) is 0 Å². The Hall–Kier alpha value is -4.07. The highest BCUT2D eigenvalue weighted by Gasteiger charge is 2.17. The lowest BCUT2D eigenvalue weighted by atomic mass is 9.99. The second-order valence-corrected chi connectivity index (χ2v) is 5.96. The van der Waals surface area contributed by atoms with E-state index in [2.05, 4.69) is 4.98 Å². The fraction of sp³-hybridized carbons (Fsp3) is 0. The molecule has 0 spiro atoms. The van der Waals surface area contributed by atoms with Crippen LogP contribution in [0.15, 0.2) is 60.7 Å². The number of nitro benzene ring substituents is 2. The van der Waals surface area contributed by atoms with Gasteiger partial charge >= 0.3 is 0 Å². The molecule has 27 heavy (non-hydrogen) atoms. The van der Waals surface area contributed by atoms with E-state index in [0.29, 0.717) is 32.9 Å². The third-order valence-corrected chi connectivity index (χ3v) is 4.30. The van der Waals surface area contributed by atoms with E-state index in [0.717, 1.165) is 0 Å². The van der Waals surface area contributed by atoms with Crippen molar-refractivity contribution >= 4 is 33.1 Å². The zero-order valence-corrected chi connectivity index (χ0v) is 13.7. The lowest BCUT2D eigenvalue weighted by Gasteiger charge is -2.10. The predicted octanol–water partition coefficient (Wildman–Crippen LogP) is 4.58. The summed E-state index contributed by atoms with van der Waals surface area (Å²) in [5.41, 5.74) is 1.15. The number of nitro groups is 2. The topological polar surface area (TPSA) is 119 Å². The molecule has 0 saturated carbocycles. The minimum absolute atomic E-state index is 0.0204. The Labute approximate surface area is 151 Å². The zero-order chi connectivity index (χ0) is 19.1. The van der Waals surface area contributed by atoms with Crippen molar-refractivity contribution in [3.05, 3.63) is 80.9 Å². The van der Waals surface area contributed by atoms with Gasteiger partial charge in [-0.25, -0.2) is 4.98 Å². The van der Waals surface area contributed by atoms with Crippen LogP contribution in [0.3, 0.4) is 0 Å². The molecule has 1 aromatic heterocycles. The van der Waals surface area contributed by atoms with Gasteiger partial charge in [-0.15, -0.1) is 0 Å². The van der Waals surface area contributed by atoms with Crippen molar-refractivity contribution in [2.45, 2.75) is 0 Å². The van der Waals surface area contributed by atoms with E-state index in [1.54, 1.807) is 24.3 Å². The molecular formula is C19H11N3O5. The molecule has 0 aliphatic carbocycles. The summed E-state index contributed by atoms with van der Waals surface area (Å²) in [6.45, 7) is 0. The fourth-order valence-corrected chi connectivity index (χ4v) is 3.08. The maximum Gasteiger partial charge on any atom is 0.271 e. The minimum Gasteiger partial charge on any atom is -0.508 e. The average Bonchev–Trinajstić information content (AvgIpc) is 2.66. The molecule has 0 aliphatic rings. The van der Waals surface area contributed by atoms with Crippen molar-refractivity contribution in [2.24, 2.45) is 0 Å². The standard InChI is InChI=1S/C19H11N3O5/c23-14-3-1-2-11(8-14)19-17-9-12(21(24)25)4-6-15(17)16-7-5-13(22(26)27)10-18(16)20-19/h1-10,23H. The van der Waals surface area contributed by atoms with Gasteiger partial charge in [-0.3, -0.25) is 20.2 Å². The van der Waals surface area contributed by atoms with Crippen LogP contribution in [0.4, 0.5) is 11.4 Å². The largest absolute Gasteiger partial charge is 0.508 e. The first kappa shape index (κ1) is 16.4. The number of nitrogens with zero attached hydrogens (tertiary/aromatic N) is 3. The maximum absolute atomic E-state index is 11.2. The number of aromatic nitrogens is 1. The quantitative estimate of drug-likeness (QED) is 0.324. The van der Waals surface area contributed by atoms with Gasteiger partial charge < -0.3 is 5.11 Å². The lowest BCUT2D eigenvalue weighted by molar-refractivity contribution is -0.384. The van der Waals surface area contributed by atoms with Gasteiger partial charge in [0.2, 0.25) is 0 Å². The summed E-state index contributed by atoms with van der Waals surface area (Å²) in [5.74, 6) is 0.0204. The number of phenolic OH excluding ortho intramolecular Hbond substituents is 1. The van der Waals surface area contributed by atoms with E-state index in [9.17, 15) is 25.3 Å². The number of hydrogen-bond donors (Lipinski definition) is 1. The Kier molecular flexibility index (Phi) is 3.66. The van der Waals surface area contributed by atoms with Crippen LogP contribution in [-0.2, 0) is 0 Å². The maximum atomic E-state index is 11.2. The Balaban J connectivity index is 2.14. The number of phenols is 1. The van der Waals surface area contributed by atoms with Gasteiger partial charge in [0.1, 0.15) is 5.75 Å². The van der Waals surface area contributed by atoms with Crippen LogP contribution in [0.1, 0.15) is 0 Å². The van der Waals surface area contributed by atoms with Crippen LogP contribution in [0, 0.1) is 20.2 Å². The van der Waals surface area contributed by atoms with Crippen molar-refractivity contribution in [2.75, 3.05) is 0 Å². The molecule has 0 atom stereocenters. The van der Waals surface area contributed by atoms with Crippen LogP contribution in [0.2, 0.25) is 0 Å². The molecule has 132 valence electrons. The first-order chi connectivity index (χ1) is 12.9. The first-order valence-corrected chi connectivity index (χ1v) is 7.90. The van der Waals surface area contributed by atoms with Crippen molar-refractivity contribution in [3.63, 3.8) is 0 Å². The minimum atomic E-state index is -0.505. The molecule has 8 nitrogen and oxygen atoms in total. The van der Waals surface area contributed by atoms with Crippen LogP contribution in [0.25, 0.3) is 32.9 Å². The number of non-ortho nitro benzene ring substituents is 2. The Morgan fingerprint density at radius 3 is 2.11 bits per heavy atom. The van der Waals surface area contributed by atoms with Crippen molar-refractivity contribution in [1.29, 1.82) is 0 Å². The van der Waals surface area contributed by atoms with Crippen molar-refractivity contribution in [3.8, 4) is 17.0 Å². The third-order valence-electron chi connectivity index (χ3n) is 4.30. The molecule has 8 heteroatoms. The van der Waals surface area contributed by atoms with Gasteiger partial charge in [-0.05, 0) is 29.7 Å². The molecule has 0 bridgehead atoms. The van der Waals surface area contributed by atoms with Gasteiger partial charge in [-0.1, -0.05) is 12.1 Å². The van der Waals surface area contributed by atoms with Crippen LogP contribution < -0.4 is 0 Å². The number of benzene rings is 3. The monoisotopic (exact) mass is 361 g/mol. The van der Waals surface area contributed by atoms with Gasteiger partial charge in [0.25, 0.3) is 11.4 Å². The number of rotatable bonds is 3. The highest BCUT2D eigenvalue weighted by atomic mass is 16.6. The van der Waals surface area contributed by atoms with Crippen molar-refractivity contribution in [1.82, 2.24) is 4.98 Å². The van der Waals surface area contributed by atoms with Gasteiger partial charge in [0.15, 0.2) is 0 Å². The number of aromatic hydroxyl groups is 1. The highest BCUT2D eigenvalue weighted by Crippen LogP contribution is 2.36. The van der Waals surface area contributed by atoms with Gasteiger partial charge in [0, 0.05) is 40.6 Å². The summed E-state index contributed by atoms with van der Waals surface area (Å²) in [5, 5.41) is 33.9. The summed E-state index contributed by atoms with van der Waals surface area (Å²) in [6, 6.07) is 15.1. The average molecular weight is 361 g/mol. The smallest absolute Gasteiger partial charge is 0.271 e. The highest BCUT2D eigenvalue weighted by molar-refractivity contribution is 6.11. The molecule has 0 radical (unpaired) electrons. The van der Waals surface area contributed by atoms with E-state index in [1.165, 1.54) is 36.4 Å². The van der Waals surface area contributed by atoms with Crippen molar-refractivity contribution < 1.29 is 15.0 Å². The molecule has 0 aliphatic heterocycles. The van der Waals surface area contributed by atoms with Gasteiger partial charge in [0.05, 0.1) is 21.1 Å². The van der Waals surface area contributed by atoms with Crippen LogP contribution in [0.5, 0.6) is 5.75 Å². The Bertz CT molecular complexity index is 1250. The molecule has 4 rings (SSSR count). The Morgan fingerprint density at radius 2 is 1.44 bits per heavy atom. The van der Waals surface area contributed by atoms with Gasteiger partial charge in [-0.2, -0.15) is 0 Å². The molecular weight excluding hydrogens is 350 g/mol. The first-order valence-electron chi connectivity index (χ1n) is 7.90. The summed E-state index contributed by atoms with van der Waals surface area (Å²) in [4.78, 5) is 25.8. The molecule has 0 saturated heterocycles. The molecule has 0 fully saturated rings. The molecule has 1 heterocycles. The summed E-state index contributed by atoms with van der Waals surface area (Å²) < 4.78 is 0. The second-order valence-electron chi connectivity index (χ2n) is 5.96. The number of pyridine rings is 1. The Morgan fingerprint density at radius 1 is 0.778 bits per heavy atom. The second kappa shape index (κ2) is 6.03. The van der Waals surface area contributed by atoms with E-state index >= 15 is 0 Å². The SMILES string of the molecule is O=[N+]([O-])c1ccc2c(c1)nc(-c1cccc(O)c1)c1cc([N+](=O)[O-])ccc12. The third kappa shape index (κ3) is 2.78. The number of hydrogen-bond acceptors (Lipinski definition) is 6. The van der Waals surface area contributed by atoms with Crippen LogP contribution >= 0.6 is 0 Å². The predicted molar refractivity (Wildman–Crippen MR) is 99.7 cm³/mol. The molecule has 1 N–H and O–H groups in total. The van der Waals surface area contributed by atoms with E-state index in [4.69, 9.17) is 0 Å². The fourth-order valence-electron chi connectivity index (χ4n) is 3.08. The zero-order valence-electron chi connectivity index (χ0n) is 13.7. The molecule has 3 aromatic carbocycles. The summed E-state index contributed by atoms with van der Waals surface area (Å²) >= 11 is 0. The molecule has 0 amide bonds. The van der Waals surface area contributed by atoms with E-state index in [-0.39, 0.29) is 17.1 Å². The normalized spacial score (nSPS) is 11.0. The van der Waals surface area contributed by atoms with E-state index < -0.39 is 9.85 Å². The molecule has 0 unspecified atom stereocenters.